The molecular formula is C91H167NO18. The van der Waals surface area contributed by atoms with Crippen molar-refractivity contribution >= 4 is 5.91 Å². The van der Waals surface area contributed by atoms with Gasteiger partial charge in [0, 0.05) is 6.42 Å². The summed E-state index contributed by atoms with van der Waals surface area (Å²) < 4.78 is 34.5. The van der Waals surface area contributed by atoms with Crippen LogP contribution in [-0.2, 0) is 33.2 Å². The van der Waals surface area contributed by atoms with Gasteiger partial charge in [0.2, 0.25) is 5.91 Å². The third kappa shape index (κ3) is 48.9. The molecule has 3 fully saturated rings. The van der Waals surface area contributed by atoms with E-state index in [4.69, 9.17) is 28.4 Å². The molecule has 3 rings (SSSR count). The molecule has 0 bridgehead atoms. The maximum absolute atomic E-state index is 13.5. The van der Waals surface area contributed by atoms with Crippen molar-refractivity contribution in [1.29, 1.82) is 0 Å². The van der Waals surface area contributed by atoms with Gasteiger partial charge in [-0.3, -0.25) is 4.79 Å². The van der Waals surface area contributed by atoms with Crippen molar-refractivity contribution in [3.63, 3.8) is 0 Å². The number of carbonyl (C=O) groups is 1. The minimum absolute atomic E-state index is 0.247. The van der Waals surface area contributed by atoms with Crippen molar-refractivity contribution in [2.75, 3.05) is 26.4 Å². The van der Waals surface area contributed by atoms with Crippen molar-refractivity contribution in [2.24, 2.45) is 0 Å². The second-order valence-corrected chi connectivity index (χ2v) is 32.4. The van der Waals surface area contributed by atoms with Gasteiger partial charge in [-0.15, -0.1) is 0 Å². The minimum atomic E-state index is -1.98. The third-order valence-corrected chi connectivity index (χ3v) is 22.6. The van der Waals surface area contributed by atoms with E-state index in [1.165, 1.54) is 283 Å². The predicted molar refractivity (Wildman–Crippen MR) is 443 cm³/mol. The Kier molecular flexibility index (Phi) is 65.3. The van der Waals surface area contributed by atoms with Crippen LogP contribution in [0, 0.1) is 0 Å². The highest BCUT2D eigenvalue weighted by molar-refractivity contribution is 5.76. The molecule has 110 heavy (non-hydrogen) atoms. The molecule has 12 N–H and O–H groups in total. The molecule has 0 aromatic carbocycles. The van der Waals surface area contributed by atoms with E-state index in [0.29, 0.717) is 6.42 Å². The minimum Gasteiger partial charge on any atom is -0.394 e. The molecule has 17 unspecified atom stereocenters. The van der Waals surface area contributed by atoms with Crippen LogP contribution in [0.3, 0.4) is 0 Å². The quantitative estimate of drug-likeness (QED) is 0.0199. The number of aliphatic hydroxyl groups is 11. The van der Waals surface area contributed by atoms with Crippen LogP contribution in [0.25, 0.3) is 0 Å². The molecular weight excluding hydrogens is 1390 g/mol. The van der Waals surface area contributed by atoms with E-state index >= 15 is 0 Å². The Morgan fingerprint density at radius 1 is 0.336 bits per heavy atom. The first-order chi connectivity index (χ1) is 53.8. The van der Waals surface area contributed by atoms with E-state index < -0.39 is 124 Å². The molecule has 19 heteroatoms. The lowest BCUT2D eigenvalue weighted by Gasteiger charge is -2.48. The molecule has 17 atom stereocenters. The summed E-state index contributed by atoms with van der Waals surface area (Å²) in [5.74, 6) is -0.267. The zero-order valence-electron chi connectivity index (χ0n) is 69.5. The number of nitrogens with one attached hydrogen (secondary N) is 1. The molecule has 1 amide bonds. The smallest absolute Gasteiger partial charge is 0.220 e. The summed E-state index contributed by atoms with van der Waals surface area (Å²) in [6.07, 6.45) is 66.7. The summed E-state index contributed by atoms with van der Waals surface area (Å²) in [5.41, 5.74) is 0. The number of allylic oxidation sites excluding steroid dienone is 9. The van der Waals surface area contributed by atoms with Gasteiger partial charge in [-0.05, 0) is 57.8 Å². The van der Waals surface area contributed by atoms with Crippen molar-refractivity contribution in [2.45, 2.75) is 484 Å². The van der Waals surface area contributed by atoms with E-state index in [9.17, 15) is 61.0 Å². The average molecular weight is 1560 g/mol. The standard InChI is InChI=1S/C91H167NO18/c1-3-5-7-9-11-13-15-17-19-21-23-25-27-29-30-31-32-33-34-35-36-37-38-39-40-41-42-43-44-45-47-49-51-53-55-57-59-61-63-65-67-69-79(97)92-74(75(96)68-66-64-62-60-58-56-54-52-50-48-46-28-26-24-22-20-18-16-14-12-10-8-6-4-2)73-105-89-85(103)82(100)87(77(71-94)107-89)110-91-86(104)83(101)88(78(72-95)108-91)109-90-84(102)81(99)80(98)76(70-93)106-90/h5,7,11,13,17,19,23,25,66,68,74-78,80-91,93-96,98-104H,3-4,6,8-10,12,14-16,18,20-22,24,26-65,67,69-73H2,1-2H3,(H,92,97)/b7-5-,13-11-,19-17-,25-23-,68-66+. The summed E-state index contributed by atoms with van der Waals surface area (Å²) in [6, 6.07) is -0.974. The summed E-state index contributed by atoms with van der Waals surface area (Å²) in [6.45, 7) is 1.68. The average Bonchev–Trinajstić information content (AvgIpc) is 0.782. The SMILES string of the molecule is CC/C=C\C/C=C\C/C=C\C/C=C\CCCCCCCCCCCCCCCCCCCCCCCCCCCCCCC(=O)NC(COC1OC(CO)C(OC2OC(CO)C(OC3OC(CO)C(O)C(O)C3O)C(O)C2O)C(O)C1O)C(O)/C=C/CCCCCCCCCCCCCCCCCCCCCCCC. The number of hydrogen-bond donors (Lipinski definition) is 12. The Bertz CT molecular complexity index is 2220. The molecule has 3 heterocycles. The maximum atomic E-state index is 13.5. The predicted octanol–water partition coefficient (Wildman–Crippen LogP) is 17.4. The van der Waals surface area contributed by atoms with E-state index in [2.05, 4.69) is 67.8 Å². The Labute approximate surface area is 668 Å². The van der Waals surface area contributed by atoms with Gasteiger partial charge in [0.15, 0.2) is 18.9 Å². The molecule has 19 nitrogen and oxygen atoms in total. The first kappa shape index (κ1) is 102. The molecule has 0 spiro atoms. The number of rotatable bonds is 74. The molecule has 0 aromatic heterocycles. The van der Waals surface area contributed by atoms with Crippen molar-refractivity contribution in [3.05, 3.63) is 60.8 Å². The van der Waals surface area contributed by atoms with E-state index in [0.717, 1.165) is 70.6 Å². The maximum Gasteiger partial charge on any atom is 0.220 e. The normalized spacial score (nSPS) is 25.4. The molecule has 0 radical (unpaired) electrons. The summed E-state index contributed by atoms with van der Waals surface area (Å²) in [7, 11) is 0. The largest absolute Gasteiger partial charge is 0.394 e. The van der Waals surface area contributed by atoms with Crippen molar-refractivity contribution in [3.8, 4) is 0 Å². The van der Waals surface area contributed by atoms with E-state index in [1.54, 1.807) is 6.08 Å². The van der Waals surface area contributed by atoms with E-state index in [-0.39, 0.29) is 18.9 Å². The van der Waals surface area contributed by atoms with Gasteiger partial charge in [0.05, 0.1) is 38.6 Å². The fourth-order valence-electron chi connectivity index (χ4n) is 15.4. The highest BCUT2D eigenvalue weighted by atomic mass is 16.8. The number of aliphatic hydroxyl groups excluding tert-OH is 11. The lowest BCUT2D eigenvalue weighted by atomic mass is 9.96. The van der Waals surface area contributed by atoms with Gasteiger partial charge in [-0.25, -0.2) is 0 Å². The lowest BCUT2D eigenvalue weighted by molar-refractivity contribution is -0.379. The molecule has 3 saturated heterocycles. The topological polar surface area (TPSA) is 307 Å². The monoisotopic (exact) mass is 1560 g/mol. The summed E-state index contributed by atoms with van der Waals surface area (Å²) in [5, 5.41) is 121. The molecule has 644 valence electrons. The first-order valence-electron chi connectivity index (χ1n) is 45.5. The van der Waals surface area contributed by atoms with Gasteiger partial charge in [-0.2, -0.15) is 0 Å². The van der Waals surface area contributed by atoms with Crippen molar-refractivity contribution in [1.82, 2.24) is 5.32 Å². The Hall–Kier alpha value is -2.51. The molecule has 3 aliphatic heterocycles. The van der Waals surface area contributed by atoms with Crippen LogP contribution in [-0.4, -0.2) is 193 Å². The number of unbranched alkanes of at least 4 members (excludes halogenated alkanes) is 50. The van der Waals surface area contributed by atoms with Gasteiger partial charge in [0.1, 0.15) is 73.2 Å². The highest BCUT2D eigenvalue weighted by Crippen LogP contribution is 2.34. The Morgan fingerprint density at radius 2 is 0.627 bits per heavy atom. The molecule has 0 saturated carbocycles. The fourth-order valence-corrected chi connectivity index (χ4v) is 15.4. The van der Waals surface area contributed by atoms with Crippen LogP contribution in [0.1, 0.15) is 380 Å². The number of ether oxygens (including phenoxy) is 6. The third-order valence-electron chi connectivity index (χ3n) is 22.6. The second kappa shape index (κ2) is 70.7. The first-order valence-corrected chi connectivity index (χ1v) is 45.5. The number of amides is 1. The van der Waals surface area contributed by atoms with Gasteiger partial charge in [0.25, 0.3) is 0 Å². The van der Waals surface area contributed by atoms with E-state index in [1.807, 2.05) is 6.08 Å². The van der Waals surface area contributed by atoms with Crippen LogP contribution in [0.15, 0.2) is 60.8 Å². The van der Waals surface area contributed by atoms with Crippen molar-refractivity contribution < 1.29 is 89.4 Å². The molecule has 0 aliphatic carbocycles. The number of hydrogen-bond acceptors (Lipinski definition) is 18. The molecule has 0 aromatic rings. The van der Waals surface area contributed by atoms with Gasteiger partial charge < -0.3 is 89.9 Å². The van der Waals surface area contributed by atoms with Crippen LogP contribution < -0.4 is 5.32 Å². The summed E-state index contributed by atoms with van der Waals surface area (Å²) >= 11 is 0. The van der Waals surface area contributed by atoms with Gasteiger partial charge in [-0.1, -0.05) is 376 Å². The Balaban J connectivity index is 1.29. The van der Waals surface area contributed by atoms with Crippen LogP contribution >= 0.6 is 0 Å². The Morgan fingerprint density at radius 3 is 0.982 bits per heavy atom. The second-order valence-electron chi connectivity index (χ2n) is 32.4. The van der Waals surface area contributed by atoms with Gasteiger partial charge >= 0.3 is 0 Å². The summed E-state index contributed by atoms with van der Waals surface area (Å²) in [4.78, 5) is 13.5. The molecule has 3 aliphatic rings. The highest BCUT2D eigenvalue weighted by Gasteiger charge is 2.54. The number of carbonyl (C=O) groups excluding carboxylic acids is 1. The zero-order valence-corrected chi connectivity index (χ0v) is 69.5. The fraction of sp³-hybridized carbons (Fsp3) is 0.879. The van der Waals surface area contributed by atoms with Crippen LogP contribution in [0.4, 0.5) is 0 Å². The lowest BCUT2D eigenvalue weighted by Crippen LogP contribution is -2.66. The zero-order chi connectivity index (χ0) is 79.5. The van der Waals surface area contributed by atoms with Crippen LogP contribution in [0.2, 0.25) is 0 Å². The van der Waals surface area contributed by atoms with Crippen LogP contribution in [0.5, 0.6) is 0 Å².